The molecule has 0 amide bonds. The second kappa shape index (κ2) is 9.41. The van der Waals surface area contributed by atoms with E-state index in [0.717, 1.165) is 15.6 Å². The summed E-state index contributed by atoms with van der Waals surface area (Å²) in [6, 6.07) is 3.63. The van der Waals surface area contributed by atoms with Gasteiger partial charge in [-0.15, -0.1) is 11.3 Å². The van der Waals surface area contributed by atoms with Crippen LogP contribution in [0.1, 0.15) is 36.1 Å². The standard InChI is InChI=1S/C20H21BrN2O5S/c1-4-26-16-9-17(27-5-2)14(21)8-13(16)19-15(11-24)23-10-12(29-20(23)22-19)7-18(25)28-6-3/h8-11H,4-7H2,1-3H3. The Labute approximate surface area is 180 Å². The van der Waals surface area contributed by atoms with Gasteiger partial charge in [-0.05, 0) is 42.8 Å². The second-order valence-electron chi connectivity index (χ2n) is 5.94. The number of imidazole rings is 1. The summed E-state index contributed by atoms with van der Waals surface area (Å²) in [4.78, 5) is 29.7. The average molecular weight is 481 g/mol. The molecule has 2 heterocycles. The smallest absolute Gasteiger partial charge is 0.311 e. The SMILES string of the molecule is CCOC(=O)Cc1cn2c(C=O)c(-c3cc(Br)c(OCC)cc3OCC)nc2s1. The molecule has 0 saturated carbocycles. The van der Waals surface area contributed by atoms with Crippen LogP contribution in [0.25, 0.3) is 16.2 Å². The number of ether oxygens (including phenoxy) is 3. The number of esters is 1. The van der Waals surface area contributed by atoms with Crippen molar-refractivity contribution in [3.63, 3.8) is 0 Å². The normalized spacial score (nSPS) is 10.9. The molecule has 0 radical (unpaired) electrons. The fourth-order valence-corrected chi connectivity index (χ4v) is 4.34. The lowest BCUT2D eigenvalue weighted by molar-refractivity contribution is -0.142. The van der Waals surface area contributed by atoms with Crippen molar-refractivity contribution >= 4 is 44.5 Å². The van der Waals surface area contributed by atoms with Crippen LogP contribution in [0.15, 0.2) is 22.8 Å². The largest absolute Gasteiger partial charge is 0.493 e. The zero-order valence-electron chi connectivity index (χ0n) is 16.4. The predicted molar refractivity (Wildman–Crippen MR) is 114 cm³/mol. The van der Waals surface area contributed by atoms with E-state index < -0.39 is 0 Å². The molecule has 0 saturated heterocycles. The predicted octanol–water partition coefficient (Wildman–Crippen LogP) is 4.54. The van der Waals surface area contributed by atoms with E-state index in [2.05, 4.69) is 20.9 Å². The maximum absolute atomic E-state index is 11.9. The van der Waals surface area contributed by atoms with E-state index in [9.17, 15) is 9.59 Å². The number of fused-ring (bicyclic) bond motifs is 1. The van der Waals surface area contributed by atoms with Gasteiger partial charge in [0.2, 0.25) is 0 Å². The van der Waals surface area contributed by atoms with Crippen molar-refractivity contribution in [3.8, 4) is 22.8 Å². The van der Waals surface area contributed by atoms with Crippen molar-refractivity contribution in [2.45, 2.75) is 27.2 Å². The minimum atomic E-state index is -0.307. The molecular weight excluding hydrogens is 460 g/mol. The summed E-state index contributed by atoms with van der Waals surface area (Å²) in [5.74, 6) is 0.934. The van der Waals surface area contributed by atoms with E-state index in [1.54, 1.807) is 23.6 Å². The van der Waals surface area contributed by atoms with Crippen LogP contribution in [0.4, 0.5) is 0 Å². The number of aldehydes is 1. The van der Waals surface area contributed by atoms with Crippen molar-refractivity contribution < 1.29 is 23.8 Å². The monoisotopic (exact) mass is 480 g/mol. The van der Waals surface area contributed by atoms with Crippen LogP contribution in [0, 0.1) is 0 Å². The minimum absolute atomic E-state index is 0.147. The Morgan fingerprint density at radius 2 is 1.90 bits per heavy atom. The molecule has 3 aromatic rings. The summed E-state index contributed by atoms with van der Waals surface area (Å²) >= 11 is 4.86. The highest BCUT2D eigenvalue weighted by Crippen LogP contribution is 2.40. The molecule has 154 valence electrons. The summed E-state index contributed by atoms with van der Waals surface area (Å²) in [6.07, 6.45) is 2.66. The van der Waals surface area contributed by atoms with E-state index in [-0.39, 0.29) is 12.4 Å². The highest BCUT2D eigenvalue weighted by atomic mass is 79.9. The molecule has 0 spiro atoms. The third-order valence-corrected chi connectivity index (χ3v) is 5.64. The van der Waals surface area contributed by atoms with Gasteiger partial charge in [0.1, 0.15) is 22.9 Å². The van der Waals surface area contributed by atoms with E-state index in [1.807, 2.05) is 19.9 Å². The van der Waals surface area contributed by atoms with Crippen LogP contribution < -0.4 is 9.47 Å². The Hall–Kier alpha value is -2.39. The Morgan fingerprint density at radius 3 is 2.55 bits per heavy atom. The van der Waals surface area contributed by atoms with Crippen molar-refractivity contribution in [2.75, 3.05) is 19.8 Å². The molecule has 0 aliphatic heterocycles. The molecule has 0 aliphatic carbocycles. The van der Waals surface area contributed by atoms with Gasteiger partial charge in [0.15, 0.2) is 11.2 Å². The molecule has 0 aliphatic rings. The Kier molecular flexibility index (Phi) is 6.92. The molecule has 0 unspecified atom stereocenters. The van der Waals surface area contributed by atoms with E-state index >= 15 is 0 Å². The molecule has 7 nitrogen and oxygen atoms in total. The number of carbonyl (C=O) groups excluding carboxylic acids is 2. The van der Waals surface area contributed by atoms with Crippen LogP contribution in [-0.2, 0) is 16.0 Å². The first-order valence-corrected chi connectivity index (χ1v) is 10.8. The summed E-state index contributed by atoms with van der Waals surface area (Å²) in [5, 5.41) is 0. The number of thiazole rings is 1. The lowest BCUT2D eigenvalue weighted by Crippen LogP contribution is -2.06. The number of carbonyl (C=O) groups is 2. The molecule has 0 atom stereocenters. The summed E-state index contributed by atoms with van der Waals surface area (Å²) < 4.78 is 18.8. The number of halogens is 1. The van der Waals surface area contributed by atoms with Gasteiger partial charge in [-0.1, -0.05) is 0 Å². The molecule has 2 aromatic heterocycles. The minimum Gasteiger partial charge on any atom is -0.493 e. The molecule has 0 fully saturated rings. The van der Waals surface area contributed by atoms with E-state index in [0.29, 0.717) is 53.2 Å². The van der Waals surface area contributed by atoms with E-state index in [4.69, 9.17) is 14.2 Å². The maximum Gasteiger partial charge on any atom is 0.311 e. The number of hydrogen-bond acceptors (Lipinski definition) is 7. The molecule has 0 bridgehead atoms. The quantitative estimate of drug-likeness (QED) is 0.330. The lowest BCUT2D eigenvalue weighted by atomic mass is 10.1. The third kappa shape index (κ3) is 4.45. The Bertz CT molecular complexity index is 1040. The van der Waals surface area contributed by atoms with Gasteiger partial charge >= 0.3 is 5.97 Å². The molecule has 1 aromatic carbocycles. The number of benzene rings is 1. The van der Waals surface area contributed by atoms with Crippen molar-refractivity contribution in [1.29, 1.82) is 0 Å². The lowest BCUT2D eigenvalue weighted by Gasteiger charge is -2.13. The van der Waals surface area contributed by atoms with Gasteiger partial charge in [0.05, 0.1) is 30.7 Å². The van der Waals surface area contributed by atoms with Gasteiger partial charge in [-0.2, -0.15) is 0 Å². The van der Waals surface area contributed by atoms with Crippen LogP contribution in [0.3, 0.4) is 0 Å². The van der Waals surface area contributed by atoms with Crippen LogP contribution in [0.5, 0.6) is 11.5 Å². The third-order valence-electron chi connectivity index (χ3n) is 4.04. The van der Waals surface area contributed by atoms with Crippen molar-refractivity contribution in [3.05, 3.63) is 33.4 Å². The van der Waals surface area contributed by atoms with Gasteiger partial charge in [-0.25, -0.2) is 4.98 Å². The second-order valence-corrected chi connectivity index (χ2v) is 7.89. The van der Waals surface area contributed by atoms with E-state index in [1.165, 1.54) is 11.3 Å². The van der Waals surface area contributed by atoms with Gasteiger partial charge in [-0.3, -0.25) is 14.0 Å². The highest BCUT2D eigenvalue weighted by molar-refractivity contribution is 9.10. The number of aromatic nitrogens is 2. The first kappa shape index (κ1) is 21.3. The zero-order chi connectivity index (χ0) is 21.0. The van der Waals surface area contributed by atoms with Crippen LogP contribution in [-0.4, -0.2) is 41.5 Å². The fourth-order valence-electron chi connectivity index (χ4n) is 2.92. The molecule has 3 rings (SSSR count). The molecule has 9 heteroatoms. The number of hydrogen-bond donors (Lipinski definition) is 0. The van der Waals surface area contributed by atoms with Gasteiger partial charge in [0.25, 0.3) is 0 Å². The Balaban J connectivity index is 2.07. The first-order valence-electron chi connectivity index (χ1n) is 9.23. The van der Waals surface area contributed by atoms with Crippen LogP contribution in [0.2, 0.25) is 0 Å². The molecule has 29 heavy (non-hydrogen) atoms. The number of rotatable bonds is 9. The van der Waals surface area contributed by atoms with Crippen molar-refractivity contribution in [2.24, 2.45) is 0 Å². The van der Waals surface area contributed by atoms with Gasteiger partial charge < -0.3 is 14.2 Å². The molecular formula is C20H21BrN2O5S. The topological polar surface area (TPSA) is 79.1 Å². The summed E-state index contributed by atoms with van der Waals surface area (Å²) in [7, 11) is 0. The maximum atomic E-state index is 11.9. The first-order chi connectivity index (χ1) is 14.0. The number of nitrogens with zero attached hydrogens (tertiary/aromatic N) is 2. The summed E-state index contributed by atoms with van der Waals surface area (Å²) in [6.45, 7) is 6.87. The zero-order valence-corrected chi connectivity index (χ0v) is 18.8. The average Bonchev–Trinajstić information content (AvgIpc) is 3.21. The Morgan fingerprint density at radius 1 is 1.17 bits per heavy atom. The highest BCUT2D eigenvalue weighted by Gasteiger charge is 2.22. The van der Waals surface area contributed by atoms with Crippen LogP contribution >= 0.6 is 27.3 Å². The summed E-state index contributed by atoms with van der Waals surface area (Å²) in [5.41, 5.74) is 1.59. The fraction of sp³-hybridized carbons (Fsp3) is 0.350. The molecule has 0 N–H and O–H groups in total. The van der Waals surface area contributed by atoms with Gasteiger partial charge in [0, 0.05) is 22.7 Å². The van der Waals surface area contributed by atoms with Crippen molar-refractivity contribution in [1.82, 2.24) is 9.38 Å².